The van der Waals surface area contributed by atoms with Crippen LogP contribution in [0.1, 0.15) is 6.92 Å². The Balaban J connectivity index is 2.56. The number of ether oxygens (including phenoxy) is 2. The molecule has 0 saturated carbocycles. The zero-order valence-electron chi connectivity index (χ0n) is 11.0. The molecule has 1 aromatic rings. The van der Waals surface area contributed by atoms with Crippen molar-refractivity contribution in [3.05, 3.63) is 28.3 Å². The van der Waals surface area contributed by atoms with E-state index < -0.39 is 10.9 Å². The molecule has 0 spiro atoms. The van der Waals surface area contributed by atoms with E-state index in [0.29, 0.717) is 18.8 Å². The Bertz CT molecular complexity index is 477. The summed E-state index contributed by atoms with van der Waals surface area (Å²) in [7, 11) is 0. The summed E-state index contributed by atoms with van der Waals surface area (Å²) in [6.45, 7) is 2.31. The molecule has 1 rings (SSSR count). The lowest BCUT2D eigenvalue weighted by molar-refractivity contribution is -0.385. The van der Waals surface area contributed by atoms with Gasteiger partial charge in [-0.3, -0.25) is 10.1 Å². The van der Waals surface area contributed by atoms with Gasteiger partial charge in [0.15, 0.2) is 5.75 Å². The topological polar surface area (TPSA) is 111 Å². The lowest BCUT2D eigenvalue weighted by Gasteiger charge is -2.09. The molecule has 0 aromatic heterocycles. The quantitative estimate of drug-likeness (QED) is 0.401. The normalized spacial score (nSPS) is 10.1. The molecular weight excluding hydrogens is 268 g/mol. The van der Waals surface area contributed by atoms with Crippen molar-refractivity contribution in [1.29, 1.82) is 0 Å². The smallest absolute Gasteiger partial charge is 0.329 e. The van der Waals surface area contributed by atoms with E-state index in [4.69, 9.17) is 14.6 Å². The number of nitro groups is 1. The van der Waals surface area contributed by atoms with Gasteiger partial charge in [0.25, 0.3) is 0 Å². The largest absolute Gasteiger partial charge is 0.487 e. The Morgan fingerprint density at radius 2 is 2.25 bits per heavy atom. The number of aliphatic carboxylic acids is 1. The molecule has 0 aliphatic heterocycles. The second-order valence-electron chi connectivity index (χ2n) is 3.75. The van der Waals surface area contributed by atoms with Crippen molar-refractivity contribution in [3.8, 4) is 5.75 Å². The molecule has 8 nitrogen and oxygen atoms in total. The Kier molecular flexibility index (Phi) is 6.24. The molecule has 0 fully saturated rings. The van der Waals surface area contributed by atoms with Crippen LogP contribution in [0, 0.1) is 10.1 Å². The van der Waals surface area contributed by atoms with E-state index in [-0.39, 0.29) is 24.7 Å². The number of benzene rings is 1. The van der Waals surface area contributed by atoms with Crippen LogP contribution in [-0.4, -0.2) is 42.4 Å². The lowest BCUT2D eigenvalue weighted by atomic mass is 10.2. The maximum absolute atomic E-state index is 10.8. The van der Waals surface area contributed by atoms with E-state index in [9.17, 15) is 14.9 Å². The Hall–Kier alpha value is -2.35. The summed E-state index contributed by atoms with van der Waals surface area (Å²) >= 11 is 0. The molecule has 0 atom stereocenters. The second kappa shape index (κ2) is 7.95. The molecular formula is C12H16N2O6. The van der Waals surface area contributed by atoms with E-state index >= 15 is 0 Å². The SMILES string of the molecule is CCOc1cc(NCCOCC(=O)O)ccc1[N+](=O)[O-]. The van der Waals surface area contributed by atoms with Gasteiger partial charge in [-0.1, -0.05) is 0 Å². The number of hydrogen-bond acceptors (Lipinski definition) is 6. The highest BCUT2D eigenvalue weighted by molar-refractivity contribution is 5.68. The summed E-state index contributed by atoms with van der Waals surface area (Å²) in [5, 5.41) is 22.1. The van der Waals surface area contributed by atoms with Gasteiger partial charge in [0, 0.05) is 24.4 Å². The van der Waals surface area contributed by atoms with Gasteiger partial charge in [0.05, 0.1) is 18.1 Å². The summed E-state index contributed by atoms with van der Waals surface area (Å²) in [4.78, 5) is 20.5. The number of hydrogen-bond donors (Lipinski definition) is 2. The van der Waals surface area contributed by atoms with E-state index in [1.807, 2.05) is 0 Å². The van der Waals surface area contributed by atoms with Gasteiger partial charge in [0.1, 0.15) is 6.61 Å². The second-order valence-corrected chi connectivity index (χ2v) is 3.75. The predicted molar refractivity (Wildman–Crippen MR) is 71.2 cm³/mol. The molecule has 0 heterocycles. The number of nitro benzene ring substituents is 1. The van der Waals surface area contributed by atoms with Gasteiger partial charge in [0.2, 0.25) is 0 Å². The zero-order chi connectivity index (χ0) is 15.0. The van der Waals surface area contributed by atoms with E-state index in [2.05, 4.69) is 5.32 Å². The van der Waals surface area contributed by atoms with Crippen LogP contribution in [0.5, 0.6) is 5.75 Å². The fraction of sp³-hybridized carbons (Fsp3) is 0.417. The molecule has 0 saturated heterocycles. The van der Waals surface area contributed by atoms with Gasteiger partial charge in [-0.15, -0.1) is 0 Å². The van der Waals surface area contributed by atoms with Crippen molar-refractivity contribution in [2.75, 3.05) is 31.7 Å². The number of anilines is 1. The average Bonchev–Trinajstić information content (AvgIpc) is 2.38. The standard InChI is InChI=1S/C12H16N2O6/c1-2-20-11-7-9(3-4-10(11)14(17)18)13-5-6-19-8-12(15)16/h3-4,7,13H,2,5-6,8H2,1H3,(H,15,16). The highest BCUT2D eigenvalue weighted by atomic mass is 16.6. The summed E-state index contributed by atoms with van der Waals surface area (Å²) in [5.41, 5.74) is 0.539. The van der Waals surface area contributed by atoms with Gasteiger partial charge in [-0.05, 0) is 13.0 Å². The highest BCUT2D eigenvalue weighted by Crippen LogP contribution is 2.29. The number of carboxylic acids is 1. The Morgan fingerprint density at radius 3 is 2.85 bits per heavy atom. The van der Waals surface area contributed by atoms with Crippen LogP contribution in [0.15, 0.2) is 18.2 Å². The molecule has 0 radical (unpaired) electrons. The van der Waals surface area contributed by atoms with Gasteiger partial charge >= 0.3 is 11.7 Å². The van der Waals surface area contributed by atoms with Gasteiger partial charge in [-0.25, -0.2) is 4.79 Å². The number of carbonyl (C=O) groups is 1. The first-order chi connectivity index (χ1) is 9.54. The number of carboxylic acid groups (broad SMARTS) is 1. The van der Waals surface area contributed by atoms with Crippen LogP contribution in [-0.2, 0) is 9.53 Å². The summed E-state index contributed by atoms with van der Waals surface area (Å²) in [6, 6.07) is 4.43. The molecule has 1 aromatic carbocycles. The molecule has 20 heavy (non-hydrogen) atoms. The van der Waals surface area contributed by atoms with Crippen molar-refractivity contribution in [1.82, 2.24) is 0 Å². The lowest BCUT2D eigenvalue weighted by Crippen LogP contribution is -2.14. The molecule has 110 valence electrons. The van der Waals surface area contributed by atoms with Crippen molar-refractivity contribution in [2.24, 2.45) is 0 Å². The maximum Gasteiger partial charge on any atom is 0.329 e. The third-order valence-corrected chi connectivity index (χ3v) is 2.26. The first-order valence-corrected chi connectivity index (χ1v) is 5.99. The van der Waals surface area contributed by atoms with Crippen LogP contribution in [0.3, 0.4) is 0 Å². The minimum Gasteiger partial charge on any atom is -0.487 e. The Morgan fingerprint density at radius 1 is 1.50 bits per heavy atom. The van der Waals surface area contributed by atoms with Crippen LogP contribution in [0.25, 0.3) is 0 Å². The zero-order valence-corrected chi connectivity index (χ0v) is 11.0. The number of rotatable bonds is 9. The molecule has 0 aliphatic carbocycles. The number of nitrogens with zero attached hydrogens (tertiary/aromatic N) is 1. The first kappa shape index (κ1) is 15.7. The average molecular weight is 284 g/mol. The van der Waals surface area contributed by atoms with Crippen molar-refractivity contribution >= 4 is 17.3 Å². The predicted octanol–water partition coefficient (Wildman–Crippen LogP) is 1.51. The highest BCUT2D eigenvalue weighted by Gasteiger charge is 2.15. The van der Waals surface area contributed by atoms with Crippen LogP contribution >= 0.6 is 0 Å². The fourth-order valence-electron chi connectivity index (χ4n) is 1.47. The molecule has 2 N–H and O–H groups in total. The monoisotopic (exact) mass is 284 g/mol. The maximum atomic E-state index is 10.8. The van der Waals surface area contributed by atoms with E-state index in [1.165, 1.54) is 12.1 Å². The summed E-state index contributed by atoms with van der Waals surface area (Å²) in [6.07, 6.45) is 0. The summed E-state index contributed by atoms with van der Waals surface area (Å²) < 4.78 is 10.1. The molecule has 0 aliphatic rings. The Labute approximate surface area is 115 Å². The molecule has 0 unspecified atom stereocenters. The van der Waals surface area contributed by atoms with Gasteiger partial charge in [-0.2, -0.15) is 0 Å². The minimum absolute atomic E-state index is 0.0977. The van der Waals surface area contributed by atoms with Crippen molar-refractivity contribution in [3.63, 3.8) is 0 Å². The molecule has 0 bridgehead atoms. The van der Waals surface area contributed by atoms with Crippen LogP contribution in [0.4, 0.5) is 11.4 Å². The third kappa shape index (κ3) is 5.11. The third-order valence-electron chi connectivity index (χ3n) is 2.26. The van der Waals surface area contributed by atoms with E-state index in [0.717, 1.165) is 0 Å². The van der Waals surface area contributed by atoms with E-state index in [1.54, 1.807) is 13.0 Å². The fourth-order valence-corrected chi connectivity index (χ4v) is 1.47. The number of nitrogens with one attached hydrogen (secondary N) is 1. The van der Waals surface area contributed by atoms with Gasteiger partial charge < -0.3 is 19.9 Å². The van der Waals surface area contributed by atoms with Crippen molar-refractivity contribution in [2.45, 2.75) is 6.92 Å². The minimum atomic E-state index is -1.03. The first-order valence-electron chi connectivity index (χ1n) is 5.99. The molecule has 0 amide bonds. The van der Waals surface area contributed by atoms with Crippen molar-refractivity contribution < 1.29 is 24.3 Å². The van der Waals surface area contributed by atoms with Crippen LogP contribution in [0.2, 0.25) is 0 Å². The summed E-state index contributed by atoms with van der Waals surface area (Å²) in [5.74, 6) is -0.840. The molecule has 8 heteroatoms. The van der Waals surface area contributed by atoms with Crippen LogP contribution < -0.4 is 10.1 Å².